The van der Waals surface area contributed by atoms with Gasteiger partial charge in [0.15, 0.2) is 0 Å². The van der Waals surface area contributed by atoms with Crippen LogP contribution in [0.15, 0.2) is 12.7 Å². The van der Waals surface area contributed by atoms with Crippen LogP contribution in [0.5, 0.6) is 0 Å². The number of aromatic nitrogens is 4. The monoisotopic (exact) mass is 839 g/mol. The standard InChI is InChI=1S/C25H44N7O17P3S/c1-14(33)5-8-53-9-7-27-16(34)4-6-28-23(37)20(36)25(2,3)11-46-52(43,44)49-51(41,42)45-10-15-19(48-50(38,39)40)18(35)24(47-15)32-13-31-17-21(26)29-12-30-22(17)32/h12-13,15,18-20,24,35-36,38-40,50H,4-11H2,1-3H3,(H,27,34)(H,28,37)(H,41,42)(H,43,44)(H2,26,29,30)/t15-,18+,19+,20-,24-/m0/s1. The quantitative estimate of drug-likeness (QED) is 0.0472. The number of imidazole rings is 1. The summed E-state index contributed by atoms with van der Waals surface area (Å²) in [6, 6.07) is 0. The molecule has 1 aliphatic heterocycles. The third-order valence-corrected chi connectivity index (χ3v) is 11.4. The van der Waals surface area contributed by atoms with Crippen LogP contribution in [-0.2, 0) is 46.1 Å². The summed E-state index contributed by atoms with van der Waals surface area (Å²) >= 11 is 1.50. The van der Waals surface area contributed by atoms with E-state index in [1.54, 1.807) is 0 Å². The van der Waals surface area contributed by atoms with Gasteiger partial charge in [0.1, 0.15) is 5.78 Å². The molecule has 2 aromatic rings. The zero-order valence-electron chi connectivity index (χ0n) is 28.6. The molecule has 28 heteroatoms. The van der Waals surface area contributed by atoms with Crippen molar-refractivity contribution < 1.29 is 80.8 Å². The van der Waals surface area contributed by atoms with E-state index in [9.17, 15) is 58.2 Å². The molecule has 302 valence electrons. The molecule has 0 bridgehead atoms. The molecule has 53 heavy (non-hydrogen) atoms. The predicted molar refractivity (Wildman–Crippen MR) is 185 cm³/mol. The van der Waals surface area contributed by atoms with Crippen molar-refractivity contribution in [3.05, 3.63) is 12.7 Å². The molecule has 7 atom stereocenters. The van der Waals surface area contributed by atoms with E-state index < -0.39 is 79.0 Å². The fraction of sp³-hybridized carbons (Fsp3) is 0.680. The number of carbonyl (C=O) groups is 3. The summed E-state index contributed by atoms with van der Waals surface area (Å²) in [5.74, 6) is -0.0691. The Morgan fingerprint density at radius 3 is 2.42 bits per heavy atom. The van der Waals surface area contributed by atoms with Crippen molar-refractivity contribution in [3.8, 4) is 0 Å². The first-order valence-electron chi connectivity index (χ1n) is 15.6. The van der Waals surface area contributed by atoms with Crippen LogP contribution in [0.2, 0.25) is 0 Å². The molecule has 3 heterocycles. The minimum atomic E-state index is -5.54. The molecule has 0 radical (unpaired) electrons. The number of rotatable bonds is 22. The van der Waals surface area contributed by atoms with E-state index >= 15 is 0 Å². The number of nitrogen functional groups attached to an aromatic ring is 1. The van der Waals surface area contributed by atoms with Gasteiger partial charge < -0.3 is 15.7 Å². The average Bonchev–Trinajstić information content (AvgIpc) is 3.60. The van der Waals surface area contributed by atoms with Gasteiger partial charge in [-0.25, -0.2) is 0 Å². The van der Waals surface area contributed by atoms with Gasteiger partial charge in [0.25, 0.3) is 0 Å². The molecule has 24 nitrogen and oxygen atoms in total. The Morgan fingerprint density at radius 2 is 1.75 bits per heavy atom. The fourth-order valence-corrected chi connectivity index (χ4v) is 8.35. The molecule has 11 N–H and O–H groups in total. The van der Waals surface area contributed by atoms with E-state index in [0.29, 0.717) is 24.5 Å². The van der Waals surface area contributed by atoms with E-state index in [4.69, 9.17) is 24.0 Å². The van der Waals surface area contributed by atoms with Crippen LogP contribution in [0.25, 0.3) is 11.2 Å². The summed E-state index contributed by atoms with van der Waals surface area (Å²) in [4.78, 5) is 96.1. The van der Waals surface area contributed by atoms with Gasteiger partial charge in [0.2, 0.25) is 11.8 Å². The molecular weight excluding hydrogens is 795 g/mol. The van der Waals surface area contributed by atoms with E-state index in [1.165, 1.54) is 32.5 Å². The van der Waals surface area contributed by atoms with E-state index in [1.807, 2.05) is 0 Å². The third kappa shape index (κ3) is 14.1. The molecule has 2 amide bonds. The number of Topliss-reactive ketones (excluding diaryl/α,β-unsaturated/α-hetero) is 1. The van der Waals surface area contributed by atoms with Crippen molar-refractivity contribution in [3.63, 3.8) is 0 Å². The van der Waals surface area contributed by atoms with Crippen molar-refractivity contribution >= 4 is 70.2 Å². The molecule has 0 aliphatic carbocycles. The summed E-state index contributed by atoms with van der Waals surface area (Å²) in [7, 11) is -16.4. The number of phosphoric ester groups is 2. The number of hydrogen-bond acceptors (Lipinski definition) is 20. The second kappa shape index (κ2) is 19.0. The zero-order chi connectivity index (χ0) is 39.8. The number of nitrogens with two attached hydrogens (primary N) is 1. The van der Waals surface area contributed by atoms with Crippen LogP contribution in [-0.4, -0.2) is 134 Å². The number of carbonyl (C=O) groups excluding carboxylic acids is 3. The van der Waals surface area contributed by atoms with Crippen LogP contribution in [0, 0.1) is 5.41 Å². The molecule has 2 aromatic heterocycles. The summed E-state index contributed by atoms with van der Waals surface area (Å²) in [5.41, 5.74) is 4.33. The molecule has 0 saturated carbocycles. The Bertz CT molecular complexity index is 1680. The Labute approximate surface area is 306 Å². The summed E-state index contributed by atoms with van der Waals surface area (Å²) in [5, 5.41) is 26.4. The van der Waals surface area contributed by atoms with Gasteiger partial charge in [0, 0.05) is 37.4 Å². The second-order valence-electron chi connectivity index (χ2n) is 12.2. The minimum absolute atomic E-state index is 0.0289. The van der Waals surface area contributed by atoms with Crippen LogP contribution >= 0.6 is 35.6 Å². The molecule has 3 rings (SSSR count). The average molecular weight is 840 g/mol. The van der Waals surface area contributed by atoms with E-state index in [0.717, 1.165) is 17.2 Å². The Morgan fingerprint density at radius 1 is 1.08 bits per heavy atom. The van der Waals surface area contributed by atoms with Crippen molar-refractivity contribution in [1.29, 1.82) is 0 Å². The van der Waals surface area contributed by atoms with Crippen LogP contribution in [0.3, 0.4) is 0 Å². The van der Waals surface area contributed by atoms with Crippen LogP contribution in [0.1, 0.15) is 39.8 Å². The zero-order valence-corrected chi connectivity index (χ0v) is 32.2. The maximum absolute atomic E-state index is 12.7. The normalized spacial score (nSPS) is 22.5. The fourth-order valence-electron chi connectivity index (χ4n) is 4.56. The molecule has 1 fully saturated rings. The third-order valence-electron chi connectivity index (χ3n) is 7.28. The Kier molecular flexibility index (Phi) is 16.2. The number of nitrogens with one attached hydrogen (secondary N) is 2. The number of anilines is 1. The van der Waals surface area contributed by atoms with E-state index in [-0.39, 0.29) is 41.6 Å². The predicted octanol–water partition coefficient (Wildman–Crippen LogP) is -1.59. The number of hydrogen-bond donors (Lipinski definition) is 10. The summed E-state index contributed by atoms with van der Waals surface area (Å²) < 4.78 is 50.6. The van der Waals surface area contributed by atoms with Gasteiger partial charge in [-0.3, -0.25) is 14.4 Å². The first-order chi connectivity index (χ1) is 24.5. The number of phosphoric acid groups is 2. The second-order valence-corrected chi connectivity index (χ2v) is 17.9. The Hall–Kier alpha value is -2.28. The van der Waals surface area contributed by atoms with Crippen molar-refractivity contribution in [2.24, 2.45) is 5.41 Å². The topological polar surface area (TPSA) is 367 Å². The molecule has 0 aromatic carbocycles. The summed E-state index contributed by atoms with van der Waals surface area (Å²) in [6.07, 6.45) is -6.15. The number of fused-ring (bicyclic) bond motifs is 1. The van der Waals surface area contributed by atoms with Gasteiger partial charge in [-0.15, -0.1) is 0 Å². The molecule has 1 aliphatic rings. The number of ketones is 1. The van der Waals surface area contributed by atoms with Gasteiger partial charge in [0.05, 0.1) is 0 Å². The van der Waals surface area contributed by atoms with Gasteiger partial charge in [-0.2, -0.15) is 11.8 Å². The first kappa shape index (κ1) is 45.1. The SMILES string of the molecule is CC(=O)CCSCCNC(=O)CCNC(=O)[C@H](O)C(C)(C)COP(=O)(O)OP(=O)(O)OC[C@@H]1O[C@H](n2cnc3c(N)ncnc32)[C@H](O)[C@@H]1O[PH](O)(O)O. The van der Waals surface area contributed by atoms with Crippen molar-refractivity contribution in [2.75, 3.05) is 43.5 Å². The molecular formula is C25H44N7O17P3S. The van der Waals surface area contributed by atoms with Gasteiger partial charge in [-0.05, 0) is 6.92 Å². The molecule has 1 saturated heterocycles. The number of ether oxygens (including phenoxy) is 1. The van der Waals surface area contributed by atoms with E-state index in [2.05, 4.69) is 29.9 Å². The number of aliphatic hydroxyl groups excluding tert-OH is 2. The summed E-state index contributed by atoms with van der Waals surface area (Å²) in [6.45, 7) is 2.25. The maximum atomic E-state index is 12.7. The number of thioether (sulfide) groups is 1. The molecule has 0 spiro atoms. The molecule has 2 unspecified atom stereocenters. The van der Waals surface area contributed by atoms with Crippen LogP contribution < -0.4 is 16.4 Å². The first-order valence-corrected chi connectivity index (χ1v) is 21.5. The van der Waals surface area contributed by atoms with Crippen molar-refractivity contribution in [2.45, 2.75) is 64.3 Å². The van der Waals surface area contributed by atoms with Crippen LogP contribution in [0.4, 0.5) is 5.82 Å². The van der Waals surface area contributed by atoms with Crippen molar-refractivity contribution in [1.82, 2.24) is 30.2 Å². The Balaban J connectivity index is 1.51. The van der Waals surface area contributed by atoms with Gasteiger partial charge in [-0.1, -0.05) is 0 Å². The van der Waals surface area contributed by atoms with Gasteiger partial charge >= 0.3 is 203 Å². The number of nitrogens with zero attached hydrogens (tertiary/aromatic N) is 4. The number of amides is 2. The number of aliphatic hydroxyl groups is 2.